The Balaban J connectivity index is 2.68. The highest BCUT2D eigenvalue weighted by Gasteiger charge is 2.12. The number of benzene rings is 1. The summed E-state index contributed by atoms with van der Waals surface area (Å²) >= 11 is 1.61. The number of fused-ring (bicyclic) bond motifs is 1. The summed E-state index contributed by atoms with van der Waals surface area (Å²) in [4.78, 5) is 12.5. The van der Waals surface area contributed by atoms with E-state index in [4.69, 9.17) is 0 Å². The molecule has 0 aliphatic rings. The first-order valence-corrected chi connectivity index (χ1v) is 5.57. The minimum Gasteiger partial charge on any atom is -0.294 e. The Hall–Kier alpha value is -1.09. The van der Waals surface area contributed by atoms with Crippen LogP contribution in [-0.4, -0.2) is 13.6 Å². The van der Waals surface area contributed by atoms with Crippen molar-refractivity contribution in [3.8, 4) is 0 Å². The lowest BCUT2D eigenvalue weighted by molar-refractivity contribution is 0.102. The van der Waals surface area contributed by atoms with E-state index in [-0.39, 0.29) is 5.78 Å². The highest BCUT2D eigenvalue weighted by Crippen LogP contribution is 2.31. The van der Waals surface area contributed by atoms with Crippen molar-refractivity contribution in [2.45, 2.75) is 13.2 Å². The summed E-state index contributed by atoms with van der Waals surface area (Å²) < 4.78 is 1.21. The van der Waals surface area contributed by atoms with Crippen LogP contribution in [0.3, 0.4) is 0 Å². The topological polar surface area (TPSA) is 17.1 Å². The maximum atomic E-state index is 11.6. The third-order valence-electron chi connectivity index (χ3n) is 2.42. The molecule has 0 saturated heterocycles. The highest BCUT2D eigenvalue weighted by molar-refractivity contribution is 7.21. The predicted molar refractivity (Wildman–Crippen MR) is 64.2 cm³/mol. The first-order chi connectivity index (χ1) is 6.74. The lowest BCUT2D eigenvalue weighted by Crippen LogP contribution is -1.95. The van der Waals surface area contributed by atoms with Gasteiger partial charge in [0.15, 0.2) is 5.78 Å². The number of ketones is 1. The van der Waals surface area contributed by atoms with Gasteiger partial charge in [-0.3, -0.25) is 4.79 Å². The molecule has 0 amide bonds. The molecule has 0 unspecified atom stereocenters. The van der Waals surface area contributed by atoms with Crippen molar-refractivity contribution in [3.63, 3.8) is 0 Å². The molecule has 0 atom stereocenters. The Labute approximate surface area is 88.2 Å². The number of Topliss-reactive ketones (excluding diaryl/α,β-unsaturated/α-hetero) is 1. The second-order valence-corrected chi connectivity index (χ2v) is 4.38. The van der Waals surface area contributed by atoms with Gasteiger partial charge in [0.2, 0.25) is 0 Å². The van der Waals surface area contributed by atoms with Crippen LogP contribution >= 0.6 is 11.3 Å². The first-order valence-electron chi connectivity index (χ1n) is 4.75. The van der Waals surface area contributed by atoms with Gasteiger partial charge in [0.05, 0.1) is 4.88 Å². The van der Waals surface area contributed by atoms with E-state index < -0.39 is 0 Å². The van der Waals surface area contributed by atoms with Crippen LogP contribution < -0.4 is 0 Å². The number of rotatable bonds is 2. The van der Waals surface area contributed by atoms with Crippen LogP contribution in [-0.2, 0) is 0 Å². The monoisotopic (exact) mass is 202 g/mol. The number of hydrogen-bond donors (Lipinski definition) is 0. The quantitative estimate of drug-likeness (QED) is 0.540. The molecule has 70 valence electrons. The largest absolute Gasteiger partial charge is 0.294 e. The summed E-state index contributed by atoms with van der Waals surface area (Å²) in [5.41, 5.74) is 1.14. The zero-order chi connectivity index (χ0) is 10.1. The summed E-state index contributed by atoms with van der Waals surface area (Å²) in [6.07, 6.45) is 0.591. The van der Waals surface area contributed by atoms with E-state index in [0.717, 1.165) is 10.4 Å². The minimum atomic E-state index is 0.253. The number of hydrogen-bond acceptors (Lipinski definition) is 2. The third-order valence-corrected chi connectivity index (χ3v) is 3.73. The molecule has 3 heteroatoms. The minimum absolute atomic E-state index is 0.253. The van der Waals surface area contributed by atoms with Gasteiger partial charge in [-0.1, -0.05) is 18.2 Å². The van der Waals surface area contributed by atoms with Gasteiger partial charge in [-0.25, -0.2) is 0 Å². The molecular formula is C11H11BOS. The molecule has 2 aromatic rings. The van der Waals surface area contributed by atoms with Crippen molar-refractivity contribution in [1.29, 1.82) is 0 Å². The lowest BCUT2D eigenvalue weighted by Gasteiger charge is -1.93. The summed E-state index contributed by atoms with van der Waals surface area (Å²) in [5, 5.41) is 1.22. The number of thiophene rings is 1. The molecule has 0 spiro atoms. The highest BCUT2D eigenvalue weighted by atomic mass is 32.1. The summed E-state index contributed by atoms with van der Waals surface area (Å²) in [5.74, 6) is 0.253. The fourth-order valence-electron chi connectivity index (χ4n) is 1.60. The summed E-state index contributed by atoms with van der Waals surface area (Å²) in [6.45, 7) is 2.03. The van der Waals surface area contributed by atoms with Crippen molar-refractivity contribution >= 4 is 35.1 Å². The first kappa shape index (κ1) is 9.47. The normalized spacial score (nSPS) is 10.6. The van der Waals surface area contributed by atoms with Crippen LogP contribution in [0.1, 0.15) is 15.2 Å². The van der Waals surface area contributed by atoms with Crippen molar-refractivity contribution < 1.29 is 4.79 Å². The molecule has 0 fully saturated rings. The second-order valence-electron chi connectivity index (χ2n) is 3.33. The van der Waals surface area contributed by atoms with Gasteiger partial charge in [0.25, 0.3) is 0 Å². The van der Waals surface area contributed by atoms with Crippen LogP contribution in [0.15, 0.2) is 24.3 Å². The van der Waals surface area contributed by atoms with Gasteiger partial charge >= 0.3 is 0 Å². The fourth-order valence-corrected chi connectivity index (χ4v) is 2.82. The molecule has 1 heterocycles. The molecular weight excluding hydrogens is 191 g/mol. The van der Waals surface area contributed by atoms with Gasteiger partial charge in [-0.2, -0.15) is 0 Å². The summed E-state index contributed by atoms with van der Waals surface area (Å²) in [7, 11) is 1.91. The molecule has 0 bridgehead atoms. The number of carbonyl (C=O) groups is 1. The van der Waals surface area contributed by atoms with Crippen molar-refractivity contribution in [2.24, 2.45) is 0 Å². The van der Waals surface area contributed by atoms with E-state index in [1.807, 2.05) is 26.9 Å². The molecule has 0 radical (unpaired) electrons. The molecule has 0 saturated carbocycles. The molecule has 0 N–H and O–H groups in total. The van der Waals surface area contributed by atoms with Crippen LogP contribution in [0.2, 0.25) is 6.32 Å². The molecule has 1 nitrogen and oxygen atoms in total. The number of aryl methyl sites for hydroxylation is 1. The molecule has 0 aliphatic carbocycles. The van der Waals surface area contributed by atoms with E-state index in [9.17, 15) is 4.79 Å². The van der Waals surface area contributed by atoms with Crippen molar-refractivity contribution in [2.75, 3.05) is 0 Å². The van der Waals surface area contributed by atoms with E-state index in [2.05, 4.69) is 12.1 Å². The lowest BCUT2D eigenvalue weighted by atomic mass is 9.98. The SMILES string of the molecule is BCC(=O)c1sc2ccccc2c1C. The average molecular weight is 202 g/mol. The van der Waals surface area contributed by atoms with Gasteiger partial charge in [-0.15, -0.1) is 11.3 Å². The average Bonchev–Trinajstić information content (AvgIpc) is 2.56. The van der Waals surface area contributed by atoms with Crippen LogP contribution in [0, 0.1) is 6.92 Å². The van der Waals surface area contributed by atoms with Gasteiger partial charge in [0, 0.05) is 4.70 Å². The van der Waals surface area contributed by atoms with E-state index >= 15 is 0 Å². The van der Waals surface area contributed by atoms with E-state index in [1.54, 1.807) is 11.3 Å². The summed E-state index contributed by atoms with van der Waals surface area (Å²) in [6, 6.07) is 8.17. The smallest absolute Gasteiger partial charge is 0.165 e. The molecule has 1 aromatic heterocycles. The maximum absolute atomic E-state index is 11.6. The second kappa shape index (κ2) is 3.58. The van der Waals surface area contributed by atoms with Crippen molar-refractivity contribution in [1.82, 2.24) is 0 Å². The van der Waals surface area contributed by atoms with Crippen LogP contribution in [0.25, 0.3) is 10.1 Å². The Morgan fingerprint density at radius 3 is 2.79 bits per heavy atom. The Bertz CT molecular complexity index is 487. The molecule has 0 aliphatic heterocycles. The van der Waals surface area contributed by atoms with E-state index in [0.29, 0.717) is 6.32 Å². The number of carbonyl (C=O) groups excluding carboxylic acids is 1. The Kier molecular flexibility index (Phi) is 2.42. The van der Waals surface area contributed by atoms with Gasteiger partial charge < -0.3 is 0 Å². The van der Waals surface area contributed by atoms with Crippen molar-refractivity contribution in [3.05, 3.63) is 34.7 Å². The Morgan fingerprint density at radius 2 is 2.14 bits per heavy atom. The van der Waals surface area contributed by atoms with Gasteiger partial charge in [0.1, 0.15) is 7.85 Å². The molecule has 1 aromatic carbocycles. The molecule has 14 heavy (non-hydrogen) atoms. The Morgan fingerprint density at radius 1 is 1.43 bits per heavy atom. The van der Waals surface area contributed by atoms with Crippen LogP contribution in [0.4, 0.5) is 0 Å². The maximum Gasteiger partial charge on any atom is 0.165 e. The standard InChI is InChI=1S/C11H11BOS/c1-7-8-4-2-3-5-10(8)14-11(7)9(13)6-12/h2-5H,6,12H2,1H3. The van der Waals surface area contributed by atoms with Crippen LogP contribution in [0.5, 0.6) is 0 Å². The zero-order valence-corrected chi connectivity index (χ0v) is 9.15. The predicted octanol–water partition coefficient (Wildman–Crippen LogP) is 2.44. The molecule has 2 rings (SSSR count). The third kappa shape index (κ3) is 1.38. The zero-order valence-electron chi connectivity index (χ0n) is 8.33. The van der Waals surface area contributed by atoms with Gasteiger partial charge in [-0.05, 0) is 30.3 Å². The van der Waals surface area contributed by atoms with E-state index in [1.165, 1.54) is 10.1 Å². The fraction of sp³-hybridized carbons (Fsp3) is 0.182.